The summed E-state index contributed by atoms with van der Waals surface area (Å²) in [6.07, 6.45) is 2.88. The normalized spacial score (nSPS) is 12.1. The first-order chi connectivity index (χ1) is 7.53. The minimum Gasteiger partial charge on any atom is -0.305 e. The van der Waals surface area contributed by atoms with Crippen molar-refractivity contribution < 1.29 is 0 Å². The molecule has 0 saturated carbocycles. The van der Waals surface area contributed by atoms with E-state index in [0.29, 0.717) is 5.41 Å². The predicted octanol–water partition coefficient (Wildman–Crippen LogP) is 2.98. The molecule has 0 atom stereocenters. The molecule has 0 aliphatic heterocycles. The first-order valence-corrected chi connectivity index (χ1v) is 6.80. The molecule has 1 aromatic rings. The van der Waals surface area contributed by atoms with Crippen molar-refractivity contribution in [3.05, 3.63) is 30.1 Å². The fourth-order valence-electron chi connectivity index (χ4n) is 1.70. The van der Waals surface area contributed by atoms with Gasteiger partial charge in [-0.3, -0.25) is 4.98 Å². The van der Waals surface area contributed by atoms with Gasteiger partial charge in [-0.1, -0.05) is 35.8 Å². The number of nitrogens with zero attached hydrogens (tertiary/aromatic N) is 2. The highest BCUT2D eigenvalue weighted by molar-refractivity contribution is 9.09. The fraction of sp³-hybridized carbons (Fsp3) is 0.615. The number of likely N-dealkylation sites (N-methyl/N-ethyl adjacent to an activating group) is 1. The van der Waals surface area contributed by atoms with Gasteiger partial charge in [-0.05, 0) is 24.6 Å². The summed E-state index contributed by atoms with van der Waals surface area (Å²) in [6.45, 7) is 6.72. The zero-order valence-electron chi connectivity index (χ0n) is 10.4. The van der Waals surface area contributed by atoms with Gasteiger partial charge < -0.3 is 4.90 Å². The maximum absolute atomic E-state index is 4.33. The summed E-state index contributed by atoms with van der Waals surface area (Å²) in [7, 11) is 2.17. The van der Waals surface area contributed by atoms with Crippen molar-refractivity contribution in [1.82, 2.24) is 9.88 Å². The number of pyridine rings is 1. The Hall–Kier alpha value is -0.410. The van der Waals surface area contributed by atoms with E-state index in [1.807, 2.05) is 18.3 Å². The Morgan fingerprint density at radius 3 is 2.69 bits per heavy atom. The van der Waals surface area contributed by atoms with E-state index in [1.165, 1.54) is 5.69 Å². The van der Waals surface area contributed by atoms with E-state index in [2.05, 4.69) is 52.8 Å². The molecule has 0 aromatic carbocycles. The molecular formula is C13H21BrN2. The largest absolute Gasteiger partial charge is 0.305 e. The smallest absolute Gasteiger partial charge is 0.0416 e. The average Bonchev–Trinajstić information content (AvgIpc) is 2.27. The van der Waals surface area contributed by atoms with Crippen LogP contribution in [0.25, 0.3) is 0 Å². The molecule has 2 nitrogen and oxygen atoms in total. The van der Waals surface area contributed by atoms with Crippen LogP contribution in [0.1, 0.15) is 19.5 Å². The van der Waals surface area contributed by atoms with Crippen LogP contribution < -0.4 is 0 Å². The second-order valence-electron chi connectivity index (χ2n) is 5.11. The van der Waals surface area contributed by atoms with Gasteiger partial charge in [0.2, 0.25) is 0 Å². The van der Waals surface area contributed by atoms with Crippen LogP contribution in [0.2, 0.25) is 0 Å². The van der Waals surface area contributed by atoms with Crippen LogP contribution >= 0.6 is 15.9 Å². The standard InChI is InChI=1S/C13H21BrN2/c1-13(2,10-14)11-16(3)9-7-12-6-4-5-8-15-12/h4-6,8H,7,9-11H2,1-3H3. The first kappa shape index (κ1) is 13.7. The van der Waals surface area contributed by atoms with Crippen LogP contribution in [0.15, 0.2) is 24.4 Å². The van der Waals surface area contributed by atoms with Crippen LogP contribution in [0, 0.1) is 5.41 Å². The molecule has 0 aliphatic carbocycles. The summed E-state index contributed by atoms with van der Waals surface area (Å²) < 4.78 is 0. The monoisotopic (exact) mass is 284 g/mol. The summed E-state index contributed by atoms with van der Waals surface area (Å²) in [5, 5.41) is 1.04. The fourth-order valence-corrected chi connectivity index (χ4v) is 1.88. The molecule has 1 heterocycles. The van der Waals surface area contributed by atoms with Crippen molar-refractivity contribution in [3.63, 3.8) is 0 Å². The van der Waals surface area contributed by atoms with E-state index >= 15 is 0 Å². The van der Waals surface area contributed by atoms with Crippen molar-refractivity contribution in [1.29, 1.82) is 0 Å². The molecule has 90 valence electrons. The minimum atomic E-state index is 0.332. The third-order valence-corrected chi connectivity index (χ3v) is 4.05. The molecule has 1 aromatic heterocycles. The Morgan fingerprint density at radius 1 is 1.38 bits per heavy atom. The molecule has 0 saturated heterocycles. The second-order valence-corrected chi connectivity index (χ2v) is 5.67. The Bertz CT molecular complexity index is 298. The molecule has 0 unspecified atom stereocenters. The van der Waals surface area contributed by atoms with Crippen molar-refractivity contribution in [2.24, 2.45) is 5.41 Å². The van der Waals surface area contributed by atoms with Crippen molar-refractivity contribution in [2.75, 3.05) is 25.5 Å². The molecule has 16 heavy (non-hydrogen) atoms. The zero-order chi connectivity index (χ0) is 12.0. The number of hydrogen-bond donors (Lipinski definition) is 0. The molecule has 0 bridgehead atoms. The molecule has 1 rings (SSSR count). The highest BCUT2D eigenvalue weighted by Gasteiger charge is 2.18. The Labute approximate surface area is 107 Å². The Kier molecular flexibility index (Phi) is 5.42. The van der Waals surface area contributed by atoms with Crippen LogP contribution in [-0.2, 0) is 6.42 Å². The van der Waals surface area contributed by atoms with Gasteiger partial charge >= 0.3 is 0 Å². The van der Waals surface area contributed by atoms with Gasteiger partial charge in [0, 0.05) is 36.7 Å². The van der Waals surface area contributed by atoms with E-state index in [-0.39, 0.29) is 0 Å². The van der Waals surface area contributed by atoms with E-state index in [1.54, 1.807) is 0 Å². The molecule has 0 amide bonds. The molecular weight excluding hydrogens is 264 g/mol. The summed E-state index contributed by atoms with van der Waals surface area (Å²) in [5.41, 5.74) is 1.50. The van der Waals surface area contributed by atoms with Gasteiger partial charge in [0.15, 0.2) is 0 Å². The third kappa shape index (κ3) is 5.08. The van der Waals surface area contributed by atoms with Gasteiger partial charge in [-0.15, -0.1) is 0 Å². The number of alkyl halides is 1. The lowest BCUT2D eigenvalue weighted by Gasteiger charge is -2.28. The highest BCUT2D eigenvalue weighted by Crippen LogP contribution is 2.19. The molecule has 0 spiro atoms. The summed E-state index contributed by atoms with van der Waals surface area (Å²) >= 11 is 3.56. The Balaban J connectivity index is 2.33. The van der Waals surface area contributed by atoms with E-state index in [0.717, 1.165) is 24.8 Å². The molecule has 3 heteroatoms. The third-order valence-electron chi connectivity index (χ3n) is 2.54. The first-order valence-electron chi connectivity index (χ1n) is 5.68. The van der Waals surface area contributed by atoms with Gasteiger partial charge in [0.1, 0.15) is 0 Å². The van der Waals surface area contributed by atoms with Crippen molar-refractivity contribution in [3.8, 4) is 0 Å². The maximum atomic E-state index is 4.33. The van der Waals surface area contributed by atoms with Gasteiger partial charge in [0.25, 0.3) is 0 Å². The van der Waals surface area contributed by atoms with E-state index < -0.39 is 0 Å². The van der Waals surface area contributed by atoms with Gasteiger partial charge in [-0.25, -0.2) is 0 Å². The average molecular weight is 285 g/mol. The van der Waals surface area contributed by atoms with Crippen molar-refractivity contribution >= 4 is 15.9 Å². The lowest BCUT2D eigenvalue weighted by atomic mass is 9.96. The SMILES string of the molecule is CN(CCc1ccccn1)CC(C)(C)CBr. The van der Waals surface area contributed by atoms with E-state index in [4.69, 9.17) is 0 Å². The zero-order valence-corrected chi connectivity index (χ0v) is 12.0. The minimum absolute atomic E-state index is 0.332. The quantitative estimate of drug-likeness (QED) is 0.747. The number of halogens is 1. The molecule has 0 radical (unpaired) electrons. The molecule has 0 fully saturated rings. The van der Waals surface area contributed by atoms with Crippen LogP contribution in [0.3, 0.4) is 0 Å². The maximum Gasteiger partial charge on any atom is 0.0416 e. The topological polar surface area (TPSA) is 16.1 Å². The van der Waals surface area contributed by atoms with Crippen LogP contribution in [-0.4, -0.2) is 35.4 Å². The highest BCUT2D eigenvalue weighted by atomic mass is 79.9. The van der Waals surface area contributed by atoms with Gasteiger partial charge in [-0.2, -0.15) is 0 Å². The number of aromatic nitrogens is 1. The summed E-state index contributed by atoms with van der Waals surface area (Å²) in [4.78, 5) is 6.70. The summed E-state index contributed by atoms with van der Waals surface area (Å²) in [6, 6.07) is 6.09. The van der Waals surface area contributed by atoms with Crippen LogP contribution in [0.5, 0.6) is 0 Å². The lowest BCUT2D eigenvalue weighted by molar-refractivity contribution is 0.234. The van der Waals surface area contributed by atoms with E-state index in [9.17, 15) is 0 Å². The predicted molar refractivity (Wildman–Crippen MR) is 73.0 cm³/mol. The van der Waals surface area contributed by atoms with Crippen LogP contribution in [0.4, 0.5) is 0 Å². The number of rotatable bonds is 6. The second kappa shape index (κ2) is 6.36. The lowest BCUT2D eigenvalue weighted by Crippen LogP contribution is -2.33. The van der Waals surface area contributed by atoms with Gasteiger partial charge in [0.05, 0.1) is 0 Å². The molecule has 0 N–H and O–H groups in total. The Morgan fingerprint density at radius 2 is 2.12 bits per heavy atom. The summed E-state index contributed by atoms with van der Waals surface area (Å²) in [5.74, 6) is 0. The van der Waals surface area contributed by atoms with Crippen molar-refractivity contribution in [2.45, 2.75) is 20.3 Å². The number of hydrogen-bond acceptors (Lipinski definition) is 2. The molecule has 0 aliphatic rings.